The fourth-order valence-electron chi connectivity index (χ4n) is 1.31. The van der Waals surface area contributed by atoms with E-state index in [1.807, 2.05) is 0 Å². The number of hydrogen-bond donors (Lipinski definition) is 2. The molecule has 8 heteroatoms. The first kappa shape index (κ1) is 12.8. The third-order valence-electron chi connectivity index (χ3n) is 2.16. The molecule has 18 heavy (non-hydrogen) atoms. The monoisotopic (exact) mass is 287 g/mol. The van der Waals surface area contributed by atoms with Crippen LogP contribution in [-0.2, 0) is 16.6 Å². The second kappa shape index (κ2) is 4.92. The molecule has 0 saturated carbocycles. The standard InChI is InChI=1S/C10H9NO5S2/c12-10(13)9-8(2-4-17-9)18(14,15)11-5-7-1-3-16-6-7/h1-4,6,11H,5H2,(H,12,13). The quantitative estimate of drug-likeness (QED) is 0.869. The summed E-state index contributed by atoms with van der Waals surface area (Å²) in [6.45, 7) is 0.0493. The lowest BCUT2D eigenvalue weighted by Gasteiger charge is -2.04. The van der Waals surface area contributed by atoms with Crippen molar-refractivity contribution in [3.63, 3.8) is 0 Å². The summed E-state index contributed by atoms with van der Waals surface area (Å²) in [6.07, 6.45) is 2.84. The number of hydrogen-bond acceptors (Lipinski definition) is 5. The van der Waals surface area contributed by atoms with Gasteiger partial charge in [0.1, 0.15) is 9.77 Å². The van der Waals surface area contributed by atoms with Gasteiger partial charge in [-0.3, -0.25) is 0 Å². The summed E-state index contributed by atoms with van der Waals surface area (Å²) in [6, 6.07) is 2.89. The van der Waals surface area contributed by atoms with Crippen LogP contribution >= 0.6 is 11.3 Å². The Hall–Kier alpha value is -1.64. The Morgan fingerprint density at radius 2 is 2.22 bits per heavy atom. The molecule has 0 spiro atoms. The lowest BCUT2D eigenvalue weighted by Crippen LogP contribution is -2.24. The lowest BCUT2D eigenvalue weighted by atomic mass is 10.4. The van der Waals surface area contributed by atoms with Gasteiger partial charge in [0.25, 0.3) is 0 Å². The second-order valence-electron chi connectivity index (χ2n) is 3.38. The smallest absolute Gasteiger partial charge is 0.347 e. The van der Waals surface area contributed by atoms with Gasteiger partial charge >= 0.3 is 5.97 Å². The summed E-state index contributed by atoms with van der Waals surface area (Å²) in [4.78, 5) is 10.4. The minimum absolute atomic E-state index is 0.0493. The maximum absolute atomic E-state index is 11.9. The second-order valence-corrected chi connectivity index (χ2v) is 6.03. The molecule has 0 atom stereocenters. The van der Waals surface area contributed by atoms with Crippen LogP contribution in [-0.4, -0.2) is 19.5 Å². The van der Waals surface area contributed by atoms with Crippen LogP contribution in [0.3, 0.4) is 0 Å². The predicted molar refractivity (Wildman–Crippen MR) is 64.0 cm³/mol. The van der Waals surface area contributed by atoms with Gasteiger partial charge in [-0.2, -0.15) is 0 Å². The van der Waals surface area contributed by atoms with Gasteiger partial charge in [-0.05, 0) is 17.5 Å². The van der Waals surface area contributed by atoms with E-state index in [4.69, 9.17) is 9.52 Å². The number of sulfonamides is 1. The van der Waals surface area contributed by atoms with Crippen LogP contribution < -0.4 is 4.72 Å². The highest BCUT2D eigenvalue weighted by atomic mass is 32.2. The average Bonchev–Trinajstić information content (AvgIpc) is 2.98. The summed E-state index contributed by atoms with van der Waals surface area (Å²) < 4.78 is 31.0. The largest absolute Gasteiger partial charge is 0.477 e. The van der Waals surface area contributed by atoms with E-state index in [-0.39, 0.29) is 16.3 Å². The first-order chi connectivity index (χ1) is 8.50. The van der Waals surface area contributed by atoms with Crippen molar-refractivity contribution in [2.24, 2.45) is 0 Å². The molecule has 2 aromatic heterocycles. The lowest BCUT2D eigenvalue weighted by molar-refractivity contribution is 0.0698. The third-order valence-corrected chi connectivity index (χ3v) is 4.63. The normalized spacial score (nSPS) is 11.6. The highest BCUT2D eigenvalue weighted by Gasteiger charge is 2.23. The number of carboxylic acid groups (broad SMARTS) is 1. The van der Waals surface area contributed by atoms with Crippen LogP contribution in [0.15, 0.2) is 39.4 Å². The van der Waals surface area contributed by atoms with Gasteiger partial charge in [0.2, 0.25) is 10.0 Å². The Kier molecular flexibility index (Phi) is 3.50. The third kappa shape index (κ3) is 2.61. The Bertz CT molecular complexity index is 642. The number of nitrogens with one attached hydrogen (secondary N) is 1. The van der Waals surface area contributed by atoms with E-state index < -0.39 is 16.0 Å². The van der Waals surface area contributed by atoms with Crippen LogP contribution in [0.25, 0.3) is 0 Å². The van der Waals surface area contributed by atoms with Crippen molar-refractivity contribution in [1.29, 1.82) is 0 Å². The van der Waals surface area contributed by atoms with Crippen LogP contribution in [0, 0.1) is 0 Å². The molecule has 0 amide bonds. The van der Waals surface area contributed by atoms with E-state index in [1.54, 1.807) is 6.07 Å². The molecule has 6 nitrogen and oxygen atoms in total. The average molecular weight is 287 g/mol. The maximum Gasteiger partial charge on any atom is 0.347 e. The molecule has 0 fully saturated rings. The van der Waals surface area contributed by atoms with E-state index in [0.29, 0.717) is 5.56 Å². The highest BCUT2D eigenvalue weighted by molar-refractivity contribution is 7.89. The Morgan fingerprint density at radius 1 is 1.44 bits per heavy atom. The van der Waals surface area contributed by atoms with Crippen molar-refractivity contribution in [2.45, 2.75) is 11.4 Å². The number of thiophene rings is 1. The molecule has 2 N–H and O–H groups in total. The van der Waals surface area contributed by atoms with Crippen molar-refractivity contribution in [3.05, 3.63) is 40.5 Å². The molecule has 0 bridgehead atoms. The minimum atomic E-state index is -3.83. The fourth-order valence-corrected chi connectivity index (χ4v) is 3.59. The molecular formula is C10H9NO5S2. The summed E-state index contributed by atoms with van der Waals surface area (Å²) in [5.41, 5.74) is 0.658. The molecule has 0 saturated heterocycles. The number of rotatable bonds is 5. The van der Waals surface area contributed by atoms with Gasteiger partial charge in [-0.25, -0.2) is 17.9 Å². The van der Waals surface area contributed by atoms with Crippen molar-refractivity contribution in [1.82, 2.24) is 4.72 Å². The minimum Gasteiger partial charge on any atom is -0.477 e. The predicted octanol–water partition coefficient (Wildman–Crippen LogP) is 1.52. The van der Waals surface area contributed by atoms with Gasteiger partial charge in [0.15, 0.2) is 0 Å². The zero-order valence-electron chi connectivity index (χ0n) is 8.99. The molecule has 0 radical (unpaired) electrons. The number of aromatic carboxylic acids is 1. The van der Waals surface area contributed by atoms with Gasteiger partial charge in [0, 0.05) is 12.1 Å². The molecule has 2 heterocycles. The zero-order valence-corrected chi connectivity index (χ0v) is 10.6. The van der Waals surface area contributed by atoms with Crippen molar-refractivity contribution < 1.29 is 22.7 Å². The summed E-state index contributed by atoms with van der Waals surface area (Å²) >= 11 is 0.871. The fraction of sp³-hybridized carbons (Fsp3) is 0.100. The van der Waals surface area contributed by atoms with Crippen LogP contribution in [0.4, 0.5) is 0 Å². The van der Waals surface area contributed by atoms with Crippen LogP contribution in [0.2, 0.25) is 0 Å². The van der Waals surface area contributed by atoms with E-state index in [1.165, 1.54) is 24.0 Å². The number of carbonyl (C=O) groups is 1. The summed E-state index contributed by atoms with van der Waals surface area (Å²) in [7, 11) is -3.83. The Morgan fingerprint density at radius 3 is 2.83 bits per heavy atom. The molecule has 0 aliphatic heterocycles. The van der Waals surface area contributed by atoms with E-state index in [0.717, 1.165) is 11.3 Å². The molecule has 0 aromatic carbocycles. The van der Waals surface area contributed by atoms with Crippen molar-refractivity contribution >= 4 is 27.3 Å². The Balaban J connectivity index is 2.20. The van der Waals surface area contributed by atoms with Gasteiger partial charge in [-0.15, -0.1) is 11.3 Å². The van der Waals surface area contributed by atoms with Crippen LogP contribution in [0.5, 0.6) is 0 Å². The highest BCUT2D eigenvalue weighted by Crippen LogP contribution is 2.21. The van der Waals surface area contributed by atoms with E-state index in [2.05, 4.69) is 4.72 Å². The number of furan rings is 1. The van der Waals surface area contributed by atoms with E-state index >= 15 is 0 Å². The first-order valence-corrected chi connectivity index (χ1v) is 7.18. The first-order valence-electron chi connectivity index (χ1n) is 4.82. The molecule has 0 aliphatic rings. The number of carboxylic acids is 1. The summed E-state index contributed by atoms with van der Waals surface area (Å²) in [5.74, 6) is -1.26. The van der Waals surface area contributed by atoms with Crippen LogP contribution in [0.1, 0.15) is 15.2 Å². The molecular weight excluding hydrogens is 278 g/mol. The van der Waals surface area contributed by atoms with E-state index in [9.17, 15) is 13.2 Å². The molecule has 96 valence electrons. The topological polar surface area (TPSA) is 96.6 Å². The van der Waals surface area contributed by atoms with Crippen molar-refractivity contribution in [3.8, 4) is 0 Å². The molecule has 2 aromatic rings. The van der Waals surface area contributed by atoms with Crippen molar-refractivity contribution in [2.75, 3.05) is 0 Å². The SMILES string of the molecule is O=C(O)c1sccc1S(=O)(=O)NCc1ccoc1. The molecule has 2 rings (SSSR count). The van der Waals surface area contributed by atoms with Gasteiger partial charge < -0.3 is 9.52 Å². The van der Waals surface area contributed by atoms with Gasteiger partial charge in [-0.1, -0.05) is 0 Å². The van der Waals surface area contributed by atoms with Gasteiger partial charge in [0.05, 0.1) is 12.5 Å². The molecule has 0 aliphatic carbocycles. The molecule has 0 unspecified atom stereocenters. The maximum atomic E-state index is 11.9. The Labute approximate surface area is 107 Å². The summed E-state index contributed by atoms with van der Waals surface area (Å²) in [5, 5.41) is 10.3. The zero-order chi connectivity index (χ0) is 13.2.